The lowest BCUT2D eigenvalue weighted by atomic mass is 10.1. The summed E-state index contributed by atoms with van der Waals surface area (Å²) in [5.74, 6) is 0.0587. The van der Waals surface area contributed by atoms with E-state index in [1.54, 1.807) is 25.1 Å². The highest BCUT2D eigenvalue weighted by atomic mass is 16.6. The molecule has 1 heterocycles. The number of benzene rings is 1. The molecule has 2 rings (SSSR count). The van der Waals surface area contributed by atoms with E-state index in [0.717, 1.165) is 12.8 Å². The monoisotopic (exact) mass is 293 g/mol. The topological polar surface area (TPSA) is 70.8 Å². The molecule has 0 aliphatic carbocycles. The maximum Gasteiger partial charge on any atom is 0.341 e. The third kappa shape index (κ3) is 4.11. The van der Waals surface area contributed by atoms with Crippen LogP contribution in [0, 0.1) is 0 Å². The molecule has 21 heavy (non-hydrogen) atoms. The summed E-state index contributed by atoms with van der Waals surface area (Å²) in [7, 11) is 0. The van der Waals surface area contributed by atoms with Crippen LogP contribution in [0.5, 0.6) is 5.75 Å². The summed E-state index contributed by atoms with van der Waals surface area (Å²) < 4.78 is 16.7. The van der Waals surface area contributed by atoms with E-state index in [4.69, 9.17) is 19.9 Å². The summed E-state index contributed by atoms with van der Waals surface area (Å²) in [6.07, 6.45) is 2.01. The highest BCUT2D eigenvalue weighted by molar-refractivity contribution is 5.93. The van der Waals surface area contributed by atoms with Gasteiger partial charge in [-0.05, 0) is 51.8 Å². The van der Waals surface area contributed by atoms with E-state index in [9.17, 15) is 4.79 Å². The van der Waals surface area contributed by atoms with E-state index in [1.807, 2.05) is 0 Å². The molecule has 1 aromatic carbocycles. The van der Waals surface area contributed by atoms with Crippen LogP contribution < -0.4 is 10.5 Å². The Balaban J connectivity index is 2.04. The second-order valence-corrected chi connectivity index (χ2v) is 5.83. The summed E-state index contributed by atoms with van der Waals surface area (Å²) in [4.78, 5) is 11.9. The van der Waals surface area contributed by atoms with Gasteiger partial charge in [0.25, 0.3) is 0 Å². The minimum atomic E-state index is -0.424. The first kappa shape index (κ1) is 15.6. The van der Waals surface area contributed by atoms with Crippen molar-refractivity contribution < 1.29 is 19.0 Å². The molecule has 1 aliphatic rings. The van der Waals surface area contributed by atoms with E-state index >= 15 is 0 Å². The number of hydrogen-bond donors (Lipinski definition) is 1. The van der Waals surface area contributed by atoms with Crippen LogP contribution in [0.4, 0.5) is 5.69 Å². The fraction of sp³-hybridized carbons (Fsp3) is 0.562. The van der Waals surface area contributed by atoms with E-state index in [-0.39, 0.29) is 11.7 Å². The molecule has 0 bridgehead atoms. The van der Waals surface area contributed by atoms with Crippen molar-refractivity contribution in [2.45, 2.75) is 45.3 Å². The lowest BCUT2D eigenvalue weighted by molar-refractivity contribution is -0.0328. The highest BCUT2D eigenvalue weighted by Gasteiger charge is 2.32. The van der Waals surface area contributed by atoms with Crippen molar-refractivity contribution in [1.29, 1.82) is 0 Å². The van der Waals surface area contributed by atoms with Gasteiger partial charge in [-0.3, -0.25) is 0 Å². The van der Waals surface area contributed by atoms with Crippen LogP contribution in [0.3, 0.4) is 0 Å². The lowest BCUT2D eigenvalue weighted by Gasteiger charge is -2.20. The normalized spacial score (nSPS) is 20.2. The SMILES string of the molecule is CCOC(=O)c1cc(N)ccc1OCC1CCC(C)(C)O1. The molecule has 0 amide bonds. The summed E-state index contributed by atoms with van der Waals surface area (Å²) >= 11 is 0. The first-order valence-electron chi connectivity index (χ1n) is 7.28. The number of rotatable bonds is 5. The number of carbonyl (C=O) groups excluding carboxylic acids is 1. The highest BCUT2D eigenvalue weighted by Crippen LogP contribution is 2.30. The van der Waals surface area contributed by atoms with E-state index in [0.29, 0.717) is 30.2 Å². The van der Waals surface area contributed by atoms with Gasteiger partial charge in [-0.2, -0.15) is 0 Å². The molecule has 1 atom stereocenters. The van der Waals surface area contributed by atoms with Gasteiger partial charge in [0.1, 0.15) is 17.9 Å². The third-order valence-electron chi connectivity index (χ3n) is 3.48. The predicted octanol–water partition coefficient (Wildman–Crippen LogP) is 2.78. The lowest BCUT2D eigenvalue weighted by Crippen LogP contribution is -2.24. The average molecular weight is 293 g/mol. The number of carbonyl (C=O) groups is 1. The maximum atomic E-state index is 11.9. The van der Waals surface area contributed by atoms with E-state index in [1.165, 1.54) is 0 Å². The van der Waals surface area contributed by atoms with Gasteiger partial charge < -0.3 is 19.9 Å². The van der Waals surface area contributed by atoms with E-state index in [2.05, 4.69) is 13.8 Å². The predicted molar refractivity (Wildman–Crippen MR) is 80.5 cm³/mol. The Bertz CT molecular complexity index is 513. The Morgan fingerprint density at radius 2 is 2.24 bits per heavy atom. The molecule has 1 saturated heterocycles. The van der Waals surface area contributed by atoms with Gasteiger partial charge >= 0.3 is 5.97 Å². The second-order valence-electron chi connectivity index (χ2n) is 5.83. The molecular weight excluding hydrogens is 270 g/mol. The van der Waals surface area contributed by atoms with Crippen molar-refractivity contribution >= 4 is 11.7 Å². The van der Waals surface area contributed by atoms with Gasteiger partial charge in [-0.25, -0.2) is 4.79 Å². The van der Waals surface area contributed by atoms with Crippen LogP contribution in [-0.4, -0.2) is 30.9 Å². The van der Waals surface area contributed by atoms with Gasteiger partial charge in [-0.1, -0.05) is 0 Å². The number of anilines is 1. The number of nitrogens with two attached hydrogens (primary N) is 1. The zero-order valence-corrected chi connectivity index (χ0v) is 12.8. The third-order valence-corrected chi connectivity index (χ3v) is 3.48. The summed E-state index contributed by atoms with van der Waals surface area (Å²) in [6.45, 7) is 6.63. The Morgan fingerprint density at radius 1 is 1.48 bits per heavy atom. The minimum absolute atomic E-state index is 0.0487. The number of esters is 1. The van der Waals surface area contributed by atoms with Gasteiger partial charge in [0.05, 0.1) is 18.3 Å². The average Bonchev–Trinajstić information content (AvgIpc) is 2.77. The van der Waals surface area contributed by atoms with Crippen LogP contribution in [0.15, 0.2) is 18.2 Å². The second kappa shape index (κ2) is 6.35. The van der Waals surface area contributed by atoms with Crippen LogP contribution in [-0.2, 0) is 9.47 Å². The fourth-order valence-corrected chi connectivity index (χ4v) is 2.42. The quantitative estimate of drug-likeness (QED) is 0.667. The molecule has 2 N–H and O–H groups in total. The van der Waals surface area contributed by atoms with Gasteiger partial charge in [0.15, 0.2) is 0 Å². The van der Waals surface area contributed by atoms with Crippen molar-refractivity contribution in [3.8, 4) is 5.75 Å². The summed E-state index contributed by atoms with van der Waals surface area (Å²) in [6, 6.07) is 4.98. The molecule has 5 heteroatoms. The number of nitrogen functional groups attached to an aromatic ring is 1. The molecule has 1 aliphatic heterocycles. The molecule has 0 spiro atoms. The zero-order chi connectivity index (χ0) is 15.5. The van der Waals surface area contributed by atoms with Crippen molar-refractivity contribution in [3.05, 3.63) is 23.8 Å². The molecule has 0 aromatic heterocycles. The first-order chi connectivity index (χ1) is 9.91. The smallest absolute Gasteiger partial charge is 0.341 e. The number of ether oxygens (including phenoxy) is 3. The molecule has 0 saturated carbocycles. The van der Waals surface area contributed by atoms with Crippen molar-refractivity contribution in [1.82, 2.24) is 0 Å². The molecule has 5 nitrogen and oxygen atoms in total. The summed E-state index contributed by atoms with van der Waals surface area (Å²) in [5.41, 5.74) is 6.49. The number of hydrogen-bond acceptors (Lipinski definition) is 5. The molecule has 1 unspecified atom stereocenters. The fourth-order valence-electron chi connectivity index (χ4n) is 2.42. The van der Waals surface area contributed by atoms with Gasteiger partial charge in [0, 0.05) is 5.69 Å². The first-order valence-corrected chi connectivity index (χ1v) is 7.28. The molecule has 116 valence electrons. The molecular formula is C16H23NO4. The standard InChI is InChI=1S/C16H23NO4/c1-4-19-15(18)13-9-11(17)5-6-14(13)20-10-12-7-8-16(2,3)21-12/h5-6,9,12H,4,7-8,10,17H2,1-3H3. The molecule has 1 fully saturated rings. The van der Waals surface area contributed by atoms with Gasteiger partial charge in [-0.15, -0.1) is 0 Å². The summed E-state index contributed by atoms with van der Waals surface area (Å²) in [5, 5.41) is 0. The van der Waals surface area contributed by atoms with Crippen LogP contribution in [0.25, 0.3) is 0 Å². The van der Waals surface area contributed by atoms with Gasteiger partial charge in [0.2, 0.25) is 0 Å². The van der Waals surface area contributed by atoms with Crippen molar-refractivity contribution in [2.24, 2.45) is 0 Å². The van der Waals surface area contributed by atoms with Crippen LogP contribution in [0.1, 0.15) is 44.0 Å². The molecule has 0 radical (unpaired) electrons. The maximum absolute atomic E-state index is 11.9. The Hall–Kier alpha value is -1.75. The van der Waals surface area contributed by atoms with Crippen molar-refractivity contribution in [2.75, 3.05) is 18.9 Å². The van der Waals surface area contributed by atoms with E-state index < -0.39 is 5.97 Å². The Labute approximate surface area is 125 Å². The zero-order valence-electron chi connectivity index (χ0n) is 12.8. The largest absolute Gasteiger partial charge is 0.490 e. The van der Waals surface area contributed by atoms with Crippen LogP contribution >= 0.6 is 0 Å². The van der Waals surface area contributed by atoms with Crippen LogP contribution in [0.2, 0.25) is 0 Å². The Kier molecular flexibility index (Phi) is 4.73. The minimum Gasteiger partial charge on any atom is -0.490 e. The molecule has 1 aromatic rings. The Morgan fingerprint density at radius 3 is 2.86 bits per heavy atom. The van der Waals surface area contributed by atoms with Crippen molar-refractivity contribution in [3.63, 3.8) is 0 Å².